The maximum absolute atomic E-state index is 11.5. The summed E-state index contributed by atoms with van der Waals surface area (Å²) in [5, 5.41) is 2.90. The van der Waals surface area contributed by atoms with Gasteiger partial charge in [-0.2, -0.15) is 0 Å². The van der Waals surface area contributed by atoms with Gasteiger partial charge in [0.15, 0.2) is 0 Å². The number of hydrogen-bond donors (Lipinski definition) is 1. The Balaban J connectivity index is 2.18. The predicted octanol–water partition coefficient (Wildman–Crippen LogP) is 0.981. The average Bonchev–Trinajstić information content (AvgIpc) is 2.48. The molecular weight excluding hydrogens is 192 g/mol. The molecule has 0 saturated carbocycles. The molecule has 0 fully saturated rings. The second kappa shape index (κ2) is 3.57. The minimum atomic E-state index is -0.302. The molecule has 15 heavy (non-hydrogen) atoms. The Kier molecular flexibility index (Phi) is 2.25. The van der Waals surface area contributed by atoms with Crippen LogP contribution in [0.5, 0.6) is 0 Å². The van der Waals surface area contributed by atoms with E-state index in [1.807, 2.05) is 30.3 Å². The standard InChI is InChI=1S/C11H10N2O2/c1-13-10(14)7-9(11(13)15)12-8-5-3-2-4-6-8/h2-7,12H,1H3. The van der Waals surface area contributed by atoms with E-state index in [4.69, 9.17) is 0 Å². The number of likely N-dealkylation sites (N-methyl/N-ethyl adjacent to an activating group) is 1. The van der Waals surface area contributed by atoms with Crippen LogP contribution in [0.25, 0.3) is 0 Å². The average molecular weight is 202 g/mol. The summed E-state index contributed by atoms with van der Waals surface area (Å²) in [6.07, 6.45) is 1.30. The molecular formula is C11H10N2O2. The molecule has 1 aliphatic rings. The van der Waals surface area contributed by atoms with Gasteiger partial charge in [0.25, 0.3) is 11.8 Å². The summed E-state index contributed by atoms with van der Waals surface area (Å²) in [7, 11) is 1.46. The quantitative estimate of drug-likeness (QED) is 0.727. The van der Waals surface area contributed by atoms with Crippen molar-refractivity contribution >= 4 is 17.5 Å². The van der Waals surface area contributed by atoms with Gasteiger partial charge in [-0.1, -0.05) is 18.2 Å². The number of hydrogen-bond acceptors (Lipinski definition) is 3. The van der Waals surface area contributed by atoms with Crippen LogP contribution in [0.4, 0.5) is 5.69 Å². The molecule has 1 aliphatic heterocycles. The molecule has 76 valence electrons. The minimum absolute atomic E-state index is 0.293. The number of imide groups is 1. The lowest BCUT2D eigenvalue weighted by Crippen LogP contribution is -2.27. The summed E-state index contributed by atoms with van der Waals surface area (Å²) in [4.78, 5) is 23.7. The highest BCUT2D eigenvalue weighted by Gasteiger charge is 2.27. The molecule has 4 heteroatoms. The zero-order valence-electron chi connectivity index (χ0n) is 8.23. The Morgan fingerprint density at radius 2 is 1.80 bits per heavy atom. The first-order valence-electron chi connectivity index (χ1n) is 4.54. The second-order valence-electron chi connectivity index (χ2n) is 3.25. The first-order chi connectivity index (χ1) is 7.18. The monoisotopic (exact) mass is 202 g/mol. The third kappa shape index (κ3) is 1.74. The Hall–Kier alpha value is -2.10. The van der Waals surface area contributed by atoms with Crippen LogP contribution in [-0.4, -0.2) is 23.8 Å². The van der Waals surface area contributed by atoms with Gasteiger partial charge in [-0.05, 0) is 12.1 Å². The van der Waals surface area contributed by atoms with Gasteiger partial charge in [-0.15, -0.1) is 0 Å². The van der Waals surface area contributed by atoms with Crippen LogP contribution in [0.3, 0.4) is 0 Å². The molecule has 1 heterocycles. The first-order valence-corrected chi connectivity index (χ1v) is 4.54. The van der Waals surface area contributed by atoms with Crippen LogP contribution in [0.15, 0.2) is 42.1 Å². The smallest absolute Gasteiger partial charge is 0.277 e. The normalized spacial score (nSPS) is 15.5. The summed E-state index contributed by atoms with van der Waals surface area (Å²) < 4.78 is 0. The van der Waals surface area contributed by atoms with E-state index in [-0.39, 0.29) is 11.8 Å². The van der Waals surface area contributed by atoms with Crippen molar-refractivity contribution < 1.29 is 9.59 Å². The molecule has 2 rings (SSSR count). The van der Waals surface area contributed by atoms with Crippen LogP contribution >= 0.6 is 0 Å². The van der Waals surface area contributed by atoms with Crippen molar-refractivity contribution in [2.45, 2.75) is 0 Å². The molecule has 0 unspecified atom stereocenters. The van der Waals surface area contributed by atoms with E-state index in [1.165, 1.54) is 13.1 Å². The summed E-state index contributed by atoms with van der Waals surface area (Å²) in [6.45, 7) is 0. The summed E-state index contributed by atoms with van der Waals surface area (Å²) in [6, 6.07) is 9.25. The molecule has 0 saturated heterocycles. The van der Waals surface area contributed by atoms with Gasteiger partial charge in [-0.25, -0.2) is 0 Å². The number of nitrogens with one attached hydrogen (secondary N) is 1. The van der Waals surface area contributed by atoms with Crippen molar-refractivity contribution in [1.82, 2.24) is 4.90 Å². The van der Waals surface area contributed by atoms with E-state index in [9.17, 15) is 9.59 Å². The largest absolute Gasteiger partial charge is 0.351 e. The van der Waals surface area contributed by atoms with Gasteiger partial charge in [0.05, 0.1) is 0 Å². The van der Waals surface area contributed by atoms with E-state index < -0.39 is 0 Å². The number of carbonyl (C=O) groups is 2. The highest BCUT2D eigenvalue weighted by molar-refractivity contribution is 6.17. The number of benzene rings is 1. The number of anilines is 1. The SMILES string of the molecule is CN1C(=O)C=C(Nc2ccccc2)C1=O. The van der Waals surface area contributed by atoms with Gasteiger partial charge in [0, 0.05) is 18.8 Å². The highest BCUT2D eigenvalue weighted by Crippen LogP contribution is 2.14. The molecule has 0 aromatic heterocycles. The van der Waals surface area contributed by atoms with Crippen molar-refractivity contribution in [3.8, 4) is 0 Å². The van der Waals surface area contributed by atoms with Crippen molar-refractivity contribution in [3.63, 3.8) is 0 Å². The maximum atomic E-state index is 11.5. The van der Waals surface area contributed by atoms with Crippen molar-refractivity contribution in [2.75, 3.05) is 12.4 Å². The van der Waals surface area contributed by atoms with Gasteiger partial charge < -0.3 is 5.32 Å². The van der Waals surface area contributed by atoms with Crippen molar-refractivity contribution in [3.05, 3.63) is 42.1 Å². The molecule has 0 bridgehead atoms. The molecule has 1 aromatic carbocycles. The van der Waals surface area contributed by atoms with E-state index in [2.05, 4.69) is 5.32 Å². The third-order valence-corrected chi connectivity index (χ3v) is 2.19. The number of rotatable bonds is 2. The van der Waals surface area contributed by atoms with Crippen molar-refractivity contribution in [1.29, 1.82) is 0 Å². The summed E-state index contributed by atoms with van der Waals surface area (Å²) >= 11 is 0. The van der Waals surface area contributed by atoms with E-state index in [0.717, 1.165) is 10.6 Å². The third-order valence-electron chi connectivity index (χ3n) is 2.19. The van der Waals surface area contributed by atoms with Crippen molar-refractivity contribution in [2.24, 2.45) is 0 Å². The minimum Gasteiger partial charge on any atom is -0.351 e. The molecule has 1 aromatic rings. The topological polar surface area (TPSA) is 49.4 Å². The van der Waals surface area contributed by atoms with Gasteiger partial charge in [0.1, 0.15) is 5.70 Å². The molecule has 0 radical (unpaired) electrons. The Morgan fingerprint density at radius 1 is 1.13 bits per heavy atom. The van der Waals surface area contributed by atoms with Gasteiger partial charge in [-0.3, -0.25) is 14.5 Å². The van der Waals surface area contributed by atoms with Gasteiger partial charge in [0.2, 0.25) is 0 Å². The molecule has 0 aliphatic carbocycles. The number of para-hydroxylation sites is 1. The molecule has 0 atom stereocenters. The fourth-order valence-electron chi connectivity index (χ4n) is 1.33. The maximum Gasteiger partial charge on any atom is 0.277 e. The molecule has 4 nitrogen and oxygen atoms in total. The molecule has 2 amide bonds. The second-order valence-corrected chi connectivity index (χ2v) is 3.25. The lowest BCUT2D eigenvalue weighted by molar-refractivity contribution is -0.135. The van der Waals surface area contributed by atoms with Crippen LogP contribution in [0.2, 0.25) is 0 Å². The lowest BCUT2D eigenvalue weighted by atomic mass is 10.3. The Morgan fingerprint density at radius 3 is 2.33 bits per heavy atom. The zero-order valence-corrected chi connectivity index (χ0v) is 8.23. The zero-order chi connectivity index (χ0) is 10.8. The highest BCUT2D eigenvalue weighted by atomic mass is 16.2. The summed E-state index contributed by atoms with van der Waals surface area (Å²) in [5.41, 5.74) is 1.11. The Bertz CT molecular complexity index is 437. The molecule has 0 spiro atoms. The first kappa shape index (κ1) is 9.45. The number of amides is 2. The predicted molar refractivity (Wildman–Crippen MR) is 55.9 cm³/mol. The molecule has 1 N–H and O–H groups in total. The van der Waals surface area contributed by atoms with E-state index in [0.29, 0.717) is 5.70 Å². The number of carbonyl (C=O) groups excluding carboxylic acids is 2. The van der Waals surface area contributed by atoms with E-state index in [1.54, 1.807) is 0 Å². The van der Waals surface area contributed by atoms with Gasteiger partial charge >= 0.3 is 0 Å². The van der Waals surface area contributed by atoms with Crippen LogP contribution in [-0.2, 0) is 9.59 Å². The summed E-state index contributed by atoms with van der Waals surface area (Å²) in [5.74, 6) is -0.595. The van der Waals surface area contributed by atoms with Crippen LogP contribution < -0.4 is 5.32 Å². The fourth-order valence-corrected chi connectivity index (χ4v) is 1.33. The lowest BCUT2D eigenvalue weighted by Gasteiger charge is -2.08. The Labute approximate surface area is 87.2 Å². The van der Waals surface area contributed by atoms with Crippen LogP contribution in [0, 0.1) is 0 Å². The van der Waals surface area contributed by atoms with Crippen LogP contribution in [0.1, 0.15) is 0 Å². The number of nitrogens with zero attached hydrogens (tertiary/aromatic N) is 1. The fraction of sp³-hybridized carbons (Fsp3) is 0.0909. The van der Waals surface area contributed by atoms with E-state index >= 15 is 0 Å².